The SMILES string of the molecule is COc1ccc(CN2C[C@@H](CO)O[C@@H](n3cnc4c(NCc5cc(OC)c(OC)c(OC)c5)ncnc43)C2)cc1. The molecule has 4 aromatic rings. The lowest BCUT2D eigenvalue weighted by Gasteiger charge is -2.37. The number of fused-ring (bicyclic) bond motifs is 1. The minimum Gasteiger partial charge on any atom is -0.497 e. The Hall–Kier alpha value is -4.13. The first kappa shape index (κ1) is 27.4. The van der Waals surface area contributed by atoms with Gasteiger partial charge in [0.2, 0.25) is 5.75 Å². The largest absolute Gasteiger partial charge is 0.497 e. The van der Waals surface area contributed by atoms with Crippen LogP contribution in [0.3, 0.4) is 0 Å². The monoisotopic (exact) mass is 550 g/mol. The molecule has 1 fully saturated rings. The van der Waals surface area contributed by atoms with Crippen molar-refractivity contribution in [3.63, 3.8) is 0 Å². The smallest absolute Gasteiger partial charge is 0.203 e. The molecule has 0 amide bonds. The van der Waals surface area contributed by atoms with Crippen LogP contribution in [0.25, 0.3) is 11.2 Å². The number of aromatic nitrogens is 4. The fourth-order valence-corrected chi connectivity index (χ4v) is 4.88. The van der Waals surface area contributed by atoms with Gasteiger partial charge in [0.1, 0.15) is 18.3 Å². The molecule has 0 saturated carbocycles. The number of hydrogen-bond acceptors (Lipinski definition) is 11. The molecule has 1 saturated heterocycles. The summed E-state index contributed by atoms with van der Waals surface area (Å²) in [5.41, 5.74) is 3.31. The van der Waals surface area contributed by atoms with Crippen LogP contribution in [0.15, 0.2) is 49.1 Å². The average molecular weight is 551 g/mol. The highest BCUT2D eigenvalue weighted by Gasteiger charge is 2.30. The highest BCUT2D eigenvalue weighted by molar-refractivity contribution is 5.82. The zero-order chi connectivity index (χ0) is 28.1. The molecule has 0 unspecified atom stereocenters. The molecule has 3 heterocycles. The van der Waals surface area contributed by atoms with Crippen LogP contribution in [0.5, 0.6) is 23.0 Å². The normalized spacial score (nSPS) is 17.5. The van der Waals surface area contributed by atoms with Gasteiger partial charge < -0.3 is 34.1 Å². The minimum absolute atomic E-state index is 0.0845. The van der Waals surface area contributed by atoms with Gasteiger partial charge in [0.05, 0.1) is 47.5 Å². The van der Waals surface area contributed by atoms with Crippen LogP contribution >= 0.6 is 0 Å². The Balaban J connectivity index is 1.35. The van der Waals surface area contributed by atoms with Crippen molar-refractivity contribution in [2.24, 2.45) is 0 Å². The van der Waals surface area contributed by atoms with Crippen molar-refractivity contribution in [2.45, 2.75) is 25.4 Å². The Morgan fingerprint density at radius 2 is 1.68 bits per heavy atom. The third-order valence-corrected chi connectivity index (χ3v) is 6.85. The number of nitrogens with one attached hydrogen (secondary N) is 1. The fraction of sp³-hybridized carbons (Fsp3) is 0.393. The maximum Gasteiger partial charge on any atom is 0.203 e. The predicted octanol–water partition coefficient (Wildman–Crippen LogP) is 2.86. The summed E-state index contributed by atoms with van der Waals surface area (Å²) in [6, 6.07) is 11.8. The van der Waals surface area contributed by atoms with E-state index in [9.17, 15) is 5.11 Å². The lowest BCUT2D eigenvalue weighted by molar-refractivity contribution is -0.135. The van der Waals surface area contributed by atoms with Crippen molar-refractivity contribution in [3.05, 3.63) is 60.2 Å². The first-order valence-electron chi connectivity index (χ1n) is 12.9. The number of morpholine rings is 1. The molecule has 40 heavy (non-hydrogen) atoms. The molecule has 0 aliphatic carbocycles. The third kappa shape index (κ3) is 5.74. The first-order chi connectivity index (χ1) is 19.6. The number of aliphatic hydroxyl groups excluding tert-OH is 1. The molecule has 1 aliphatic heterocycles. The topological polar surface area (TPSA) is 125 Å². The van der Waals surface area contributed by atoms with Gasteiger partial charge in [-0.05, 0) is 35.4 Å². The fourth-order valence-electron chi connectivity index (χ4n) is 4.88. The summed E-state index contributed by atoms with van der Waals surface area (Å²) in [6.45, 7) is 2.29. The average Bonchev–Trinajstić information content (AvgIpc) is 3.44. The maximum absolute atomic E-state index is 9.95. The van der Waals surface area contributed by atoms with E-state index in [2.05, 4.69) is 25.2 Å². The number of methoxy groups -OCH3 is 4. The standard InChI is InChI=1S/C28H34N6O6/c1-36-20-7-5-18(6-8-20)12-33-13-21(15-35)40-24(14-33)34-17-32-25-27(30-16-31-28(25)34)29-11-19-9-22(37-2)26(39-4)23(10-19)38-3/h5-10,16-17,21,24,35H,11-15H2,1-4H3,(H,29,30,31)/t21-,24+/m0/s1. The van der Waals surface area contributed by atoms with E-state index in [1.54, 1.807) is 34.8 Å². The van der Waals surface area contributed by atoms with Gasteiger partial charge in [0.25, 0.3) is 0 Å². The molecule has 0 bridgehead atoms. The first-order valence-corrected chi connectivity index (χ1v) is 12.9. The minimum atomic E-state index is -0.382. The van der Waals surface area contributed by atoms with Gasteiger partial charge in [-0.2, -0.15) is 0 Å². The van der Waals surface area contributed by atoms with Gasteiger partial charge >= 0.3 is 0 Å². The van der Waals surface area contributed by atoms with Crippen LogP contribution in [0, 0.1) is 0 Å². The van der Waals surface area contributed by atoms with Crippen molar-refractivity contribution in [1.29, 1.82) is 0 Å². The third-order valence-electron chi connectivity index (χ3n) is 6.85. The van der Waals surface area contributed by atoms with E-state index in [1.807, 2.05) is 41.0 Å². The van der Waals surface area contributed by atoms with E-state index in [0.29, 0.717) is 60.4 Å². The molecule has 12 heteroatoms. The summed E-state index contributed by atoms with van der Waals surface area (Å²) in [5, 5.41) is 13.3. The molecule has 2 N–H and O–H groups in total. The Bertz CT molecular complexity index is 1400. The van der Waals surface area contributed by atoms with Crippen molar-refractivity contribution in [2.75, 3.05) is 53.5 Å². The van der Waals surface area contributed by atoms with Crippen LogP contribution in [0.4, 0.5) is 5.82 Å². The second-order valence-corrected chi connectivity index (χ2v) is 9.37. The van der Waals surface area contributed by atoms with E-state index >= 15 is 0 Å². The molecule has 5 rings (SSSR count). The summed E-state index contributed by atoms with van der Waals surface area (Å²) < 4.78 is 29.8. The zero-order valence-corrected chi connectivity index (χ0v) is 23.0. The van der Waals surface area contributed by atoms with Gasteiger partial charge in [-0.15, -0.1) is 0 Å². The molecule has 2 aromatic carbocycles. The van der Waals surface area contributed by atoms with Crippen LogP contribution < -0.4 is 24.3 Å². The van der Waals surface area contributed by atoms with E-state index < -0.39 is 0 Å². The van der Waals surface area contributed by atoms with Crippen LogP contribution in [0.1, 0.15) is 17.4 Å². The van der Waals surface area contributed by atoms with E-state index in [1.165, 1.54) is 6.33 Å². The quantitative estimate of drug-likeness (QED) is 0.286. The highest BCUT2D eigenvalue weighted by atomic mass is 16.5. The molecule has 1 aliphatic rings. The van der Waals surface area contributed by atoms with Crippen molar-refractivity contribution >= 4 is 17.0 Å². The molecule has 12 nitrogen and oxygen atoms in total. The molecule has 212 valence electrons. The zero-order valence-electron chi connectivity index (χ0n) is 23.0. The number of ether oxygens (including phenoxy) is 5. The molecule has 0 radical (unpaired) electrons. The Kier molecular flexibility index (Phi) is 8.48. The number of rotatable bonds is 11. The van der Waals surface area contributed by atoms with Crippen molar-refractivity contribution in [1.82, 2.24) is 24.4 Å². The van der Waals surface area contributed by atoms with Crippen molar-refractivity contribution in [3.8, 4) is 23.0 Å². The molecular formula is C28H34N6O6. The molecule has 2 atom stereocenters. The number of hydrogen-bond donors (Lipinski definition) is 2. The summed E-state index contributed by atoms with van der Waals surface area (Å²) in [7, 11) is 6.40. The lowest BCUT2D eigenvalue weighted by atomic mass is 10.1. The maximum atomic E-state index is 9.95. The number of benzene rings is 2. The highest BCUT2D eigenvalue weighted by Crippen LogP contribution is 2.38. The molecule has 2 aromatic heterocycles. The summed E-state index contributed by atoms with van der Waals surface area (Å²) in [4.78, 5) is 15.8. The van der Waals surface area contributed by atoms with Gasteiger partial charge in [-0.3, -0.25) is 9.47 Å². The number of aliphatic hydroxyl groups is 1. The van der Waals surface area contributed by atoms with Crippen LogP contribution in [-0.4, -0.2) is 83.8 Å². The predicted molar refractivity (Wildman–Crippen MR) is 148 cm³/mol. The Morgan fingerprint density at radius 1 is 0.925 bits per heavy atom. The van der Waals surface area contributed by atoms with Gasteiger partial charge in [0.15, 0.2) is 28.5 Å². The van der Waals surface area contributed by atoms with E-state index in [0.717, 1.165) is 16.9 Å². The van der Waals surface area contributed by atoms with E-state index in [-0.39, 0.29) is 18.9 Å². The van der Waals surface area contributed by atoms with Gasteiger partial charge in [-0.1, -0.05) is 12.1 Å². The van der Waals surface area contributed by atoms with E-state index in [4.69, 9.17) is 23.7 Å². The van der Waals surface area contributed by atoms with Gasteiger partial charge in [0, 0.05) is 26.2 Å². The number of imidazole rings is 1. The summed E-state index contributed by atoms with van der Waals surface area (Å²) >= 11 is 0. The van der Waals surface area contributed by atoms with Crippen LogP contribution in [-0.2, 0) is 17.8 Å². The van der Waals surface area contributed by atoms with Crippen LogP contribution in [0.2, 0.25) is 0 Å². The lowest BCUT2D eigenvalue weighted by Crippen LogP contribution is -2.46. The van der Waals surface area contributed by atoms with Crippen molar-refractivity contribution < 1.29 is 28.8 Å². The number of nitrogens with zero attached hydrogens (tertiary/aromatic N) is 5. The Labute approximate surface area is 232 Å². The second-order valence-electron chi connectivity index (χ2n) is 9.37. The Morgan fingerprint density at radius 3 is 2.33 bits per heavy atom. The number of anilines is 1. The summed E-state index contributed by atoms with van der Waals surface area (Å²) in [6.07, 6.45) is 2.49. The molecular weight excluding hydrogens is 516 g/mol. The second kappa shape index (κ2) is 12.4. The van der Waals surface area contributed by atoms with Gasteiger partial charge in [-0.25, -0.2) is 15.0 Å². The molecule has 0 spiro atoms. The summed E-state index contributed by atoms with van der Waals surface area (Å²) in [5.74, 6) is 3.08.